The first kappa shape index (κ1) is 13.9. The molecule has 2 atom stereocenters. The normalized spacial score (nSPS) is 27.0. The van der Waals surface area contributed by atoms with Crippen LogP contribution in [-0.2, 0) is 4.74 Å². The molecule has 1 fully saturated rings. The fraction of sp³-hybridized carbons (Fsp3) is 0.562. The van der Waals surface area contributed by atoms with Gasteiger partial charge in [0.1, 0.15) is 6.10 Å². The summed E-state index contributed by atoms with van der Waals surface area (Å²) in [5.41, 5.74) is 7.87. The summed E-state index contributed by atoms with van der Waals surface area (Å²) in [6.07, 6.45) is 3.24. The molecule has 0 amide bonds. The van der Waals surface area contributed by atoms with Crippen molar-refractivity contribution in [2.75, 3.05) is 5.73 Å². The van der Waals surface area contributed by atoms with Gasteiger partial charge in [-0.3, -0.25) is 0 Å². The van der Waals surface area contributed by atoms with Crippen LogP contribution in [0.25, 0.3) is 0 Å². The van der Waals surface area contributed by atoms with Crippen LogP contribution in [0.2, 0.25) is 0 Å². The molecule has 1 aromatic rings. The Bertz CT molecular complexity index is 460. The third kappa shape index (κ3) is 3.49. The van der Waals surface area contributed by atoms with Crippen LogP contribution in [0.3, 0.4) is 0 Å². The molecule has 3 heteroatoms. The molecular formula is C16H23NO2. The second-order valence-electron chi connectivity index (χ2n) is 6.02. The molecule has 2 unspecified atom stereocenters. The van der Waals surface area contributed by atoms with E-state index >= 15 is 0 Å². The first-order valence-corrected chi connectivity index (χ1v) is 7.02. The molecule has 0 aliphatic heterocycles. The van der Waals surface area contributed by atoms with Gasteiger partial charge in [-0.1, -0.05) is 13.8 Å². The Balaban J connectivity index is 2.04. The standard InChI is InChI=1S/C16H23NO2/c1-10-6-11(2)8-14(7-10)19-16(18)15-5-4-13(17)9-12(15)3/h4-5,9-11,14H,6-8,17H2,1-3H3. The van der Waals surface area contributed by atoms with Gasteiger partial charge in [-0.2, -0.15) is 0 Å². The maximum atomic E-state index is 12.2. The van der Waals surface area contributed by atoms with Crippen molar-refractivity contribution in [2.45, 2.75) is 46.1 Å². The van der Waals surface area contributed by atoms with E-state index in [9.17, 15) is 4.79 Å². The highest BCUT2D eigenvalue weighted by atomic mass is 16.5. The minimum absolute atomic E-state index is 0.0585. The quantitative estimate of drug-likeness (QED) is 0.654. The first-order chi connectivity index (χ1) is 8.95. The van der Waals surface area contributed by atoms with E-state index in [1.807, 2.05) is 13.0 Å². The summed E-state index contributed by atoms with van der Waals surface area (Å²) in [5.74, 6) is 1.05. The van der Waals surface area contributed by atoms with Crippen molar-refractivity contribution in [1.82, 2.24) is 0 Å². The number of esters is 1. The number of carbonyl (C=O) groups excluding carboxylic acids is 1. The molecule has 0 heterocycles. The van der Waals surface area contributed by atoms with Gasteiger partial charge in [-0.25, -0.2) is 4.79 Å². The summed E-state index contributed by atoms with van der Waals surface area (Å²) < 4.78 is 5.66. The Kier molecular flexibility index (Phi) is 4.13. The van der Waals surface area contributed by atoms with Crippen molar-refractivity contribution >= 4 is 11.7 Å². The minimum atomic E-state index is -0.219. The number of hydrogen-bond acceptors (Lipinski definition) is 3. The van der Waals surface area contributed by atoms with Crippen molar-refractivity contribution < 1.29 is 9.53 Å². The first-order valence-electron chi connectivity index (χ1n) is 7.02. The maximum Gasteiger partial charge on any atom is 0.338 e. The number of nitrogens with two attached hydrogens (primary N) is 1. The van der Waals surface area contributed by atoms with E-state index in [0.29, 0.717) is 23.1 Å². The Morgan fingerprint density at radius 2 is 1.84 bits per heavy atom. The van der Waals surface area contributed by atoms with Crippen molar-refractivity contribution in [1.29, 1.82) is 0 Å². The molecule has 1 aromatic carbocycles. The zero-order valence-electron chi connectivity index (χ0n) is 12.0. The average Bonchev–Trinajstić information content (AvgIpc) is 2.26. The molecule has 1 saturated carbocycles. The van der Waals surface area contributed by atoms with Gasteiger partial charge < -0.3 is 10.5 Å². The molecule has 0 spiro atoms. The molecule has 19 heavy (non-hydrogen) atoms. The highest BCUT2D eigenvalue weighted by Crippen LogP contribution is 2.31. The van der Waals surface area contributed by atoms with Gasteiger partial charge in [0.2, 0.25) is 0 Å². The summed E-state index contributed by atoms with van der Waals surface area (Å²) in [5, 5.41) is 0. The van der Waals surface area contributed by atoms with Crippen molar-refractivity contribution in [3.63, 3.8) is 0 Å². The lowest BCUT2D eigenvalue weighted by Gasteiger charge is -2.31. The van der Waals surface area contributed by atoms with Crippen LogP contribution in [0.15, 0.2) is 18.2 Å². The van der Waals surface area contributed by atoms with E-state index < -0.39 is 0 Å². The summed E-state index contributed by atoms with van der Waals surface area (Å²) in [6.45, 7) is 6.34. The summed E-state index contributed by atoms with van der Waals surface area (Å²) in [4.78, 5) is 12.2. The molecule has 104 valence electrons. The number of hydrogen-bond donors (Lipinski definition) is 1. The zero-order valence-corrected chi connectivity index (χ0v) is 12.0. The smallest absolute Gasteiger partial charge is 0.338 e. The molecule has 0 radical (unpaired) electrons. The molecule has 1 aliphatic rings. The van der Waals surface area contributed by atoms with E-state index in [4.69, 9.17) is 10.5 Å². The van der Waals surface area contributed by atoms with E-state index in [1.165, 1.54) is 6.42 Å². The fourth-order valence-corrected chi connectivity index (χ4v) is 3.10. The van der Waals surface area contributed by atoms with Crippen molar-refractivity contribution in [3.8, 4) is 0 Å². The van der Waals surface area contributed by atoms with E-state index in [1.54, 1.807) is 12.1 Å². The van der Waals surface area contributed by atoms with Crippen molar-refractivity contribution in [2.24, 2.45) is 11.8 Å². The van der Waals surface area contributed by atoms with Gasteiger partial charge in [-0.15, -0.1) is 0 Å². The topological polar surface area (TPSA) is 52.3 Å². The third-order valence-electron chi connectivity index (χ3n) is 3.88. The van der Waals surface area contributed by atoms with Gasteiger partial charge in [0, 0.05) is 5.69 Å². The number of nitrogen functional groups attached to an aromatic ring is 1. The minimum Gasteiger partial charge on any atom is -0.459 e. The lowest BCUT2D eigenvalue weighted by molar-refractivity contribution is 0.00799. The van der Waals surface area contributed by atoms with E-state index in [-0.39, 0.29) is 12.1 Å². The SMILES string of the molecule is Cc1cc(N)ccc1C(=O)OC1CC(C)CC(C)C1. The number of carbonyl (C=O) groups is 1. The summed E-state index contributed by atoms with van der Waals surface area (Å²) in [6, 6.07) is 5.31. The Hall–Kier alpha value is -1.51. The average molecular weight is 261 g/mol. The monoisotopic (exact) mass is 261 g/mol. The Labute approximate surface area is 115 Å². The molecule has 2 N–H and O–H groups in total. The number of anilines is 1. The van der Waals surface area contributed by atoms with Gasteiger partial charge in [0.25, 0.3) is 0 Å². The highest BCUT2D eigenvalue weighted by molar-refractivity contribution is 5.91. The predicted octanol–water partition coefficient (Wildman–Crippen LogP) is 3.56. The third-order valence-corrected chi connectivity index (χ3v) is 3.88. The molecule has 2 rings (SSSR count). The van der Waals surface area contributed by atoms with Crippen LogP contribution in [-0.4, -0.2) is 12.1 Å². The Morgan fingerprint density at radius 1 is 1.21 bits per heavy atom. The van der Waals surface area contributed by atoms with Crippen LogP contribution >= 0.6 is 0 Å². The van der Waals surface area contributed by atoms with E-state index in [2.05, 4.69) is 13.8 Å². The fourth-order valence-electron chi connectivity index (χ4n) is 3.10. The molecular weight excluding hydrogens is 238 g/mol. The molecule has 3 nitrogen and oxygen atoms in total. The highest BCUT2D eigenvalue weighted by Gasteiger charge is 2.27. The van der Waals surface area contributed by atoms with Crippen molar-refractivity contribution in [3.05, 3.63) is 29.3 Å². The predicted molar refractivity (Wildman–Crippen MR) is 77.0 cm³/mol. The number of aryl methyl sites for hydroxylation is 1. The Morgan fingerprint density at radius 3 is 2.42 bits per heavy atom. The summed E-state index contributed by atoms with van der Waals surface area (Å²) in [7, 11) is 0. The molecule has 0 saturated heterocycles. The molecule has 0 aromatic heterocycles. The van der Waals surface area contributed by atoms with Gasteiger partial charge in [0.05, 0.1) is 5.56 Å². The second-order valence-corrected chi connectivity index (χ2v) is 6.02. The van der Waals surface area contributed by atoms with Crippen LogP contribution in [0, 0.1) is 18.8 Å². The zero-order chi connectivity index (χ0) is 14.0. The number of benzene rings is 1. The van der Waals surface area contributed by atoms with Gasteiger partial charge >= 0.3 is 5.97 Å². The van der Waals surface area contributed by atoms with Crippen LogP contribution in [0.4, 0.5) is 5.69 Å². The van der Waals surface area contributed by atoms with Crippen LogP contribution < -0.4 is 5.73 Å². The van der Waals surface area contributed by atoms with Gasteiger partial charge in [0.15, 0.2) is 0 Å². The lowest BCUT2D eigenvalue weighted by atomic mass is 9.82. The lowest BCUT2D eigenvalue weighted by Crippen LogP contribution is -2.28. The van der Waals surface area contributed by atoms with E-state index in [0.717, 1.165) is 18.4 Å². The van der Waals surface area contributed by atoms with Crippen LogP contribution in [0.5, 0.6) is 0 Å². The number of ether oxygens (including phenoxy) is 1. The summed E-state index contributed by atoms with van der Waals surface area (Å²) >= 11 is 0. The van der Waals surface area contributed by atoms with Crippen LogP contribution in [0.1, 0.15) is 49.0 Å². The van der Waals surface area contributed by atoms with Gasteiger partial charge in [-0.05, 0) is 61.8 Å². The maximum absolute atomic E-state index is 12.2. The number of rotatable bonds is 2. The molecule has 1 aliphatic carbocycles. The second kappa shape index (κ2) is 5.64. The molecule has 0 bridgehead atoms. The largest absolute Gasteiger partial charge is 0.459 e.